The molecule has 0 bridgehead atoms. The second-order valence-electron chi connectivity index (χ2n) is 1.01. The van der Waals surface area contributed by atoms with Crippen molar-refractivity contribution in [3.63, 3.8) is 0 Å². The second-order valence-corrected chi connectivity index (χ2v) is 1.89. The number of alkyl halides is 1. The molecule has 0 aromatic carbocycles. The Balaban J connectivity index is 0. The Morgan fingerprint density at radius 2 is 1.40 bits per heavy atom. The molecule has 0 aliphatic carbocycles. The summed E-state index contributed by atoms with van der Waals surface area (Å²) in [6, 6.07) is 0. The third-order valence-electron chi connectivity index (χ3n) is 0. The van der Waals surface area contributed by atoms with Gasteiger partial charge in [-0.2, -0.15) is 0 Å². The van der Waals surface area contributed by atoms with Crippen LogP contribution in [0.4, 0.5) is 0 Å². The van der Waals surface area contributed by atoms with Gasteiger partial charge in [-0.3, -0.25) is 0 Å². The van der Waals surface area contributed by atoms with E-state index in [4.69, 9.17) is 11.6 Å². The van der Waals surface area contributed by atoms with Crippen molar-refractivity contribution in [2.24, 2.45) is 0 Å². The topological polar surface area (TPSA) is 0 Å². The number of halogens is 1. The van der Waals surface area contributed by atoms with Crippen LogP contribution in [-0.2, 0) is 0 Å². The Labute approximate surface area is 42.5 Å². The number of hydrogen-bond donors (Lipinski definition) is 0. The molecule has 0 fully saturated rings. The van der Waals surface area contributed by atoms with Crippen LogP contribution in [0.5, 0.6) is 0 Å². The summed E-state index contributed by atoms with van der Waals surface area (Å²) in [5.74, 6) is 0. The Bertz CT molecular complexity index is 11.6. The molecule has 0 aromatic rings. The lowest BCUT2D eigenvalue weighted by molar-refractivity contribution is 1.10. The molecule has 5 heavy (non-hydrogen) atoms. The summed E-state index contributed by atoms with van der Waals surface area (Å²) in [5, 5.41) is 0.306. The van der Waals surface area contributed by atoms with E-state index in [9.17, 15) is 0 Å². The van der Waals surface area contributed by atoms with Crippen LogP contribution < -0.4 is 0 Å². The second kappa shape index (κ2) is 4.51. The highest BCUT2D eigenvalue weighted by atomic mass is 35.5. The third-order valence-corrected chi connectivity index (χ3v) is 0. The maximum absolute atomic E-state index is 5.27. The van der Waals surface area contributed by atoms with Crippen LogP contribution in [0.2, 0.25) is 0 Å². The molecule has 0 nitrogen and oxygen atoms in total. The molecule has 0 heterocycles. The van der Waals surface area contributed by atoms with Crippen LogP contribution in [-0.4, -0.2) is 16.3 Å². The van der Waals surface area contributed by atoms with E-state index in [1.165, 1.54) is 0 Å². The van der Waals surface area contributed by atoms with E-state index < -0.39 is 0 Å². The molecule has 0 rings (SSSR count). The average molecular weight is 111 g/mol. The summed E-state index contributed by atoms with van der Waals surface area (Å²) in [6.07, 6.45) is 0. The molecule has 0 saturated carbocycles. The predicted molar refractivity (Wildman–Crippen MR) is 32.3 cm³/mol. The van der Waals surface area contributed by atoms with Crippen molar-refractivity contribution < 1.29 is 0 Å². The minimum absolute atomic E-state index is 0. The summed E-state index contributed by atoms with van der Waals surface area (Å²) >= 11 is 5.27. The van der Waals surface area contributed by atoms with Gasteiger partial charge in [0.25, 0.3) is 0 Å². The Morgan fingerprint density at radius 3 is 1.40 bits per heavy atom. The van der Waals surface area contributed by atoms with E-state index in [2.05, 4.69) is 0 Å². The molecule has 0 radical (unpaired) electrons. The summed E-state index contributed by atoms with van der Waals surface area (Å²) < 4.78 is 0. The van der Waals surface area contributed by atoms with Gasteiger partial charge in [0.15, 0.2) is 0 Å². The zero-order valence-corrected chi connectivity index (χ0v) is 3.71. The van der Waals surface area contributed by atoms with Crippen LogP contribution in [0.15, 0.2) is 0 Å². The third kappa shape index (κ3) is 110. The van der Waals surface area contributed by atoms with Crippen molar-refractivity contribution in [3.8, 4) is 0 Å². The van der Waals surface area contributed by atoms with Crippen LogP contribution in [0.3, 0.4) is 0 Å². The number of hydrogen-bond acceptors (Lipinski definition) is 0. The summed E-state index contributed by atoms with van der Waals surface area (Å²) in [6.45, 7) is 3.86. The molecule has 2 heteroatoms. The highest BCUT2D eigenvalue weighted by molar-refractivity contribution is 6.20. The van der Waals surface area contributed by atoms with Gasteiger partial charge in [-0.15, -0.1) is 11.6 Å². The van der Waals surface area contributed by atoms with Crippen molar-refractivity contribution in [3.05, 3.63) is 0 Å². The fraction of sp³-hybridized carbons (Fsp3) is 1.00. The lowest BCUT2D eigenvalue weighted by Crippen LogP contribution is -1.70. The first-order valence-electron chi connectivity index (χ1n) is 1.37. The van der Waals surface area contributed by atoms with E-state index in [1.54, 1.807) is 0 Å². The molecular weight excluding hydrogens is 99.6 g/mol. The van der Waals surface area contributed by atoms with Crippen molar-refractivity contribution in [1.82, 2.24) is 0 Å². The summed E-state index contributed by atoms with van der Waals surface area (Å²) in [4.78, 5) is 0. The molecule has 0 aromatic heterocycles. The normalized spacial score (nSPS) is 7.20. The smallest absolute Gasteiger partial charge is 0.0279 e. The molecule has 0 aliphatic rings. The monoisotopic (exact) mass is 110 g/mol. The van der Waals surface area contributed by atoms with Gasteiger partial charge in [0.1, 0.15) is 0 Å². The summed E-state index contributed by atoms with van der Waals surface area (Å²) in [7, 11) is 0. The fourth-order valence-corrected chi connectivity index (χ4v) is 0. The molecule has 0 aliphatic heterocycles. The SMILES string of the molecule is CC(C)Cl.[SiH4]. The molecule has 0 spiro atoms. The molecule has 0 atom stereocenters. The lowest BCUT2D eigenvalue weighted by Gasteiger charge is -1.76. The Hall–Kier alpha value is 0.507. The molecular formula is C3H11ClSi. The van der Waals surface area contributed by atoms with Gasteiger partial charge in [0, 0.05) is 5.38 Å². The zero-order chi connectivity index (χ0) is 3.58. The first-order valence-corrected chi connectivity index (χ1v) is 1.81. The van der Waals surface area contributed by atoms with Crippen molar-refractivity contribution in [2.45, 2.75) is 19.2 Å². The maximum Gasteiger partial charge on any atom is 0.0279 e. The quantitative estimate of drug-likeness (QED) is 0.308. The fourth-order valence-electron chi connectivity index (χ4n) is 0. The van der Waals surface area contributed by atoms with Gasteiger partial charge in [-0.05, 0) is 24.8 Å². The van der Waals surface area contributed by atoms with Gasteiger partial charge < -0.3 is 0 Å². The first kappa shape index (κ1) is 9.10. The zero-order valence-electron chi connectivity index (χ0n) is 2.96. The highest BCUT2D eigenvalue weighted by Gasteiger charge is 1.71. The van der Waals surface area contributed by atoms with E-state index >= 15 is 0 Å². The largest absolute Gasteiger partial charge is 0.124 e. The van der Waals surface area contributed by atoms with Crippen molar-refractivity contribution >= 4 is 22.6 Å². The predicted octanol–water partition coefficient (Wildman–Crippen LogP) is 0.182. The van der Waals surface area contributed by atoms with Gasteiger partial charge in [0.2, 0.25) is 0 Å². The lowest BCUT2D eigenvalue weighted by atomic mass is 10.6. The molecule has 0 saturated heterocycles. The van der Waals surface area contributed by atoms with Crippen LogP contribution in [0, 0.1) is 0 Å². The van der Waals surface area contributed by atoms with Crippen molar-refractivity contribution in [1.29, 1.82) is 0 Å². The van der Waals surface area contributed by atoms with Gasteiger partial charge in [-0.1, -0.05) is 0 Å². The molecule has 0 N–H and O–H groups in total. The highest BCUT2D eigenvalue weighted by Crippen LogP contribution is 1.84. The van der Waals surface area contributed by atoms with Crippen LogP contribution in [0.25, 0.3) is 0 Å². The first-order chi connectivity index (χ1) is 1.73. The Morgan fingerprint density at radius 1 is 1.40 bits per heavy atom. The van der Waals surface area contributed by atoms with Gasteiger partial charge in [0.05, 0.1) is 0 Å². The number of rotatable bonds is 0. The minimum atomic E-state index is 0. The standard InChI is InChI=1S/C3H7Cl.H4Si/c1-3(2)4;/h3H,1-2H3;1H4. The minimum Gasteiger partial charge on any atom is -0.124 e. The van der Waals surface area contributed by atoms with E-state index in [0.717, 1.165) is 0 Å². The van der Waals surface area contributed by atoms with Crippen LogP contribution in [0.1, 0.15) is 13.8 Å². The average Bonchev–Trinajstić information content (AvgIpc) is 0.811. The Kier molecular flexibility index (Phi) is 8.20. The van der Waals surface area contributed by atoms with Crippen molar-refractivity contribution in [2.75, 3.05) is 0 Å². The van der Waals surface area contributed by atoms with E-state index in [0.29, 0.717) is 5.38 Å². The van der Waals surface area contributed by atoms with Gasteiger partial charge >= 0.3 is 0 Å². The molecule has 34 valence electrons. The van der Waals surface area contributed by atoms with Gasteiger partial charge in [-0.25, -0.2) is 0 Å². The maximum atomic E-state index is 5.27. The molecule has 0 amide bonds. The van der Waals surface area contributed by atoms with E-state index in [1.807, 2.05) is 13.8 Å². The van der Waals surface area contributed by atoms with E-state index in [-0.39, 0.29) is 11.0 Å². The van der Waals surface area contributed by atoms with Crippen LogP contribution >= 0.6 is 11.6 Å². The summed E-state index contributed by atoms with van der Waals surface area (Å²) in [5.41, 5.74) is 0. The molecule has 0 unspecified atom stereocenters.